The molecule has 0 fully saturated rings. The molecule has 1 aromatic heterocycles. The number of likely N-dealkylation sites (N-methyl/N-ethyl adjacent to an activating group) is 1. The Hall–Kier alpha value is -1.32. The van der Waals surface area contributed by atoms with Crippen LogP contribution in [0.1, 0.15) is 20.8 Å². The number of carbonyl (C=O) groups excluding carboxylic acids is 1. The third-order valence-corrected chi connectivity index (χ3v) is 2.26. The molecule has 1 amide bonds. The Labute approximate surface area is 84.5 Å². The zero-order chi connectivity index (χ0) is 10.8. The van der Waals surface area contributed by atoms with Gasteiger partial charge in [-0.15, -0.1) is 0 Å². The smallest absolute Gasteiger partial charge is 0.242 e. The third-order valence-electron chi connectivity index (χ3n) is 2.26. The molecule has 0 radical (unpaired) electrons. The van der Waals surface area contributed by atoms with E-state index in [4.69, 9.17) is 0 Å². The van der Waals surface area contributed by atoms with Crippen molar-refractivity contribution >= 4 is 5.91 Å². The molecule has 14 heavy (non-hydrogen) atoms. The molecule has 0 spiro atoms. The van der Waals surface area contributed by atoms with E-state index >= 15 is 0 Å². The molecule has 0 aliphatic heterocycles. The number of carbonyl (C=O) groups is 1. The van der Waals surface area contributed by atoms with Crippen molar-refractivity contribution in [1.29, 1.82) is 0 Å². The Morgan fingerprint density at radius 3 is 2.57 bits per heavy atom. The predicted molar refractivity (Wildman–Crippen MR) is 54.8 cm³/mol. The molecular weight excluding hydrogens is 178 g/mol. The summed E-state index contributed by atoms with van der Waals surface area (Å²) in [6, 6.07) is 0. The van der Waals surface area contributed by atoms with Gasteiger partial charge in [0.15, 0.2) is 0 Å². The molecule has 0 aliphatic carbocycles. The van der Waals surface area contributed by atoms with Gasteiger partial charge in [0.25, 0.3) is 0 Å². The first kappa shape index (κ1) is 10.8. The van der Waals surface area contributed by atoms with Gasteiger partial charge in [-0.1, -0.05) is 0 Å². The van der Waals surface area contributed by atoms with Crippen LogP contribution in [-0.4, -0.2) is 32.9 Å². The van der Waals surface area contributed by atoms with Gasteiger partial charge >= 0.3 is 0 Å². The molecule has 1 rings (SSSR count). The molecule has 4 nitrogen and oxygen atoms in total. The first-order chi connectivity index (χ1) is 6.41. The highest BCUT2D eigenvalue weighted by Crippen LogP contribution is 2.10. The summed E-state index contributed by atoms with van der Waals surface area (Å²) in [5, 5.41) is 0. The zero-order valence-electron chi connectivity index (χ0n) is 9.19. The second-order valence-electron chi connectivity index (χ2n) is 4.36. The van der Waals surface area contributed by atoms with Crippen molar-refractivity contribution in [3.05, 3.63) is 18.7 Å². The summed E-state index contributed by atoms with van der Waals surface area (Å²) in [6.07, 6.45) is 5.10. The van der Waals surface area contributed by atoms with Crippen molar-refractivity contribution in [1.82, 2.24) is 14.5 Å². The van der Waals surface area contributed by atoms with Gasteiger partial charge in [0.2, 0.25) is 5.91 Å². The quantitative estimate of drug-likeness (QED) is 0.709. The largest absolute Gasteiger partial charge is 0.339 e. The molecule has 0 N–H and O–H groups in total. The maximum Gasteiger partial charge on any atom is 0.242 e. The molecule has 0 atom stereocenters. The minimum absolute atomic E-state index is 0.0931. The zero-order valence-corrected chi connectivity index (χ0v) is 9.19. The Balaban J connectivity index is 2.59. The number of hydrogen-bond acceptors (Lipinski definition) is 2. The van der Waals surface area contributed by atoms with Crippen LogP contribution in [0.2, 0.25) is 0 Å². The van der Waals surface area contributed by atoms with E-state index in [2.05, 4.69) is 4.98 Å². The Morgan fingerprint density at radius 2 is 2.14 bits per heavy atom. The number of imidazole rings is 1. The normalized spacial score (nSPS) is 11.4. The van der Waals surface area contributed by atoms with Crippen LogP contribution in [0.25, 0.3) is 0 Å². The lowest BCUT2D eigenvalue weighted by molar-refractivity contribution is -0.134. The highest BCUT2D eigenvalue weighted by molar-refractivity contribution is 5.76. The van der Waals surface area contributed by atoms with Crippen molar-refractivity contribution in [2.24, 2.45) is 0 Å². The Bertz CT molecular complexity index is 298. The van der Waals surface area contributed by atoms with Gasteiger partial charge in [0.1, 0.15) is 6.54 Å². The van der Waals surface area contributed by atoms with E-state index in [1.807, 2.05) is 27.8 Å². The average molecular weight is 195 g/mol. The van der Waals surface area contributed by atoms with Crippen LogP contribution >= 0.6 is 0 Å². The summed E-state index contributed by atoms with van der Waals surface area (Å²) in [4.78, 5) is 17.4. The van der Waals surface area contributed by atoms with E-state index in [1.54, 1.807) is 28.2 Å². The molecule has 4 heteroatoms. The van der Waals surface area contributed by atoms with Crippen molar-refractivity contribution in [3.8, 4) is 0 Å². The van der Waals surface area contributed by atoms with Crippen LogP contribution in [0, 0.1) is 0 Å². The van der Waals surface area contributed by atoms with E-state index in [1.165, 1.54) is 0 Å². The van der Waals surface area contributed by atoms with Gasteiger partial charge in [-0.05, 0) is 20.8 Å². The van der Waals surface area contributed by atoms with Gasteiger partial charge in [-0.3, -0.25) is 4.79 Å². The highest BCUT2D eigenvalue weighted by Gasteiger charge is 2.21. The molecule has 1 aromatic rings. The van der Waals surface area contributed by atoms with Crippen LogP contribution < -0.4 is 0 Å². The molecule has 0 bridgehead atoms. The Morgan fingerprint density at radius 1 is 1.50 bits per heavy atom. The molecule has 78 valence electrons. The number of aromatic nitrogens is 2. The molecular formula is C10H17N3O. The first-order valence-corrected chi connectivity index (χ1v) is 4.63. The van der Waals surface area contributed by atoms with Crippen LogP contribution in [0.4, 0.5) is 0 Å². The first-order valence-electron chi connectivity index (χ1n) is 4.63. The SMILES string of the molecule is CN(C(=O)Cn1ccnc1)C(C)(C)C. The third kappa shape index (κ3) is 2.58. The van der Waals surface area contributed by atoms with Crippen LogP contribution in [0.3, 0.4) is 0 Å². The number of rotatable bonds is 2. The summed E-state index contributed by atoms with van der Waals surface area (Å²) in [5.41, 5.74) is -0.127. The standard InChI is InChI=1S/C10H17N3O/c1-10(2,3)12(4)9(14)7-13-6-5-11-8-13/h5-6,8H,7H2,1-4H3. The summed E-state index contributed by atoms with van der Waals surface area (Å²) in [6.45, 7) is 6.39. The van der Waals surface area contributed by atoms with Gasteiger partial charge in [-0.25, -0.2) is 4.98 Å². The fraction of sp³-hybridized carbons (Fsp3) is 0.600. The van der Waals surface area contributed by atoms with Gasteiger partial charge in [0.05, 0.1) is 6.33 Å². The van der Waals surface area contributed by atoms with E-state index < -0.39 is 0 Å². The van der Waals surface area contributed by atoms with Crippen molar-refractivity contribution in [3.63, 3.8) is 0 Å². The van der Waals surface area contributed by atoms with E-state index in [9.17, 15) is 4.79 Å². The second-order valence-corrected chi connectivity index (χ2v) is 4.36. The topological polar surface area (TPSA) is 38.1 Å². The van der Waals surface area contributed by atoms with Gasteiger partial charge in [0, 0.05) is 25.0 Å². The van der Waals surface area contributed by atoms with Crippen LogP contribution in [0.5, 0.6) is 0 Å². The van der Waals surface area contributed by atoms with E-state index in [0.717, 1.165) is 0 Å². The van der Waals surface area contributed by atoms with E-state index in [-0.39, 0.29) is 11.4 Å². The second kappa shape index (κ2) is 3.82. The maximum absolute atomic E-state index is 11.7. The summed E-state index contributed by atoms with van der Waals surface area (Å²) < 4.78 is 1.77. The maximum atomic E-state index is 11.7. The lowest BCUT2D eigenvalue weighted by Crippen LogP contribution is -2.43. The van der Waals surface area contributed by atoms with Crippen molar-refractivity contribution < 1.29 is 4.79 Å². The molecule has 0 aromatic carbocycles. The Kier molecular flexibility index (Phi) is 2.93. The molecule has 1 heterocycles. The summed E-state index contributed by atoms with van der Waals surface area (Å²) in [5.74, 6) is 0.0931. The van der Waals surface area contributed by atoms with E-state index in [0.29, 0.717) is 6.54 Å². The molecule has 0 saturated heterocycles. The minimum atomic E-state index is -0.127. The van der Waals surface area contributed by atoms with Gasteiger partial charge < -0.3 is 9.47 Å². The van der Waals surface area contributed by atoms with Crippen LogP contribution in [0.15, 0.2) is 18.7 Å². The summed E-state index contributed by atoms with van der Waals surface area (Å²) >= 11 is 0. The minimum Gasteiger partial charge on any atom is -0.339 e. The number of amides is 1. The molecule has 0 saturated carbocycles. The lowest BCUT2D eigenvalue weighted by atomic mass is 10.1. The van der Waals surface area contributed by atoms with Crippen LogP contribution in [-0.2, 0) is 11.3 Å². The van der Waals surface area contributed by atoms with Crippen molar-refractivity contribution in [2.75, 3.05) is 7.05 Å². The van der Waals surface area contributed by atoms with Gasteiger partial charge in [-0.2, -0.15) is 0 Å². The average Bonchev–Trinajstić information content (AvgIpc) is 2.53. The highest BCUT2D eigenvalue weighted by atomic mass is 16.2. The fourth-order valence-corrected chi connectivity index (χ4v) is 1.02. The fourth-order valence-electron chi connectivity index (χ4n) is 1.02. The molecule has 0 unspecified atom stereocenters. The monoisotopic (exact) mass is 195 g/mol. The molecule has 0 aliphatic rings. The lowest BCUT2D eigenvalue weighted by Gasteiger charge is -2.32. The summed E-state index contributed by atoms with van der Waals surface area (Å²) in [7, 11) is 1.82. The number of hydrogen-bond donors (Lipinski definition) is 0. The van der Waals surface area contributed by atoms with Crippen molar-refractivity contribution in [2.45, 2.75) is 32.9 Å². The number of nitrogens with zero attached hydrogens (tertiary/aromatic N) is 3. The predicted octanol–water partition coefficient (Wildman–Crippen LogP) is 1.14.